The van der Waals surface area contributed by atoms with Crippen molar-refractivity contribution in [2.24, 2.45) is 7.05 Å². The summed E-state index contributed by atoms with van der Waals surface area (Å²) in [7, 11) is 2.02. The van der Waals surface area contributed by atoms with Crippen LogP contribution in [0.15, 0.2) is 30.7 Å². The summed E-state index contributed by atoms with van der Waals surface area (Å²) in [5, 5.41) is 3.58. The van der Waals surface area contributed by atoms with Gasteiger partial charge in [-0.25, -0.2) is 4.98 Å². The molecule has 0 amide bonds. The Labute approximate surface area is 107 Å². The maximum Gasteiger partial charge on any atom is 0.122 e. The number of fused-ring (bicyclic) bond motifs is 1. The topological polar surface area (TPSA) is 42.7 Å². The van der Waals surface area contributed by atoms with E-state index in [0.29, 0.717) is 6.04 Å². The third-order valence-electron chi connectivity index (χ3n) is 3.62. The standard InChI is InChI=1S/C14H18N4/c1-18-9-8-15-13(18)10-17-12-6-2-4-11-5-3-7-16-14(11)12/h3,5,7-9,12,17H,2,4,6,10H2,1H3. The molecule has 1 N–H and O–H groups in total. The van der Waals surface area contributed by atoms with E-state index in [2.05, 4.69) is 25.9 Å². The summed E-state index contributed by atoms with van der Waals surface area (Å²) in [4.78, 5) is 8.87. The molecule has 94 valence electrons. The number of pyridine rings is 1. The number of aryl methyl sites for hydroxylation is 2. The Balaban J connectivity index is 1.73. The number of nitrogens with zero attached hydrogens (tertiary/aromatic N) is 3. The molecule has 1 aliphatic rings. The van der Waals surface area contributed by atoms with Crippen LogP contribution >= 0.6 is 0 Å². The normalized spacial score (nSPS) is 18.6. The Kier molecular flexibility index (Phi) is 3.11. The summed E-state index contributed by atoms with van der Waals surface area (Å²) in [5.41, 5.74) is 2.61. The fourth-order valence-electron chi connectivity index (χ4n) is 2.59. The molecule has 4 nitrogen and oxygen atoms in total. The molecule has 3 rings (SSSR count). The Morgan fingerprint density at radius 1 is 1.39 bits per heavy atom. The molecule has 0 bridgehead atoms. The molecule has 0 aromatic carbocycles. The van der Waals surface area contributed by atoms with Gasteiger partial charge in [-0.05, 0) is 30.9 Å². The van der Waals surface area contributed by atoms with Gasteiger partial charge in [0.1, 0.15) is 5.82 Å². The van der Waals surface area contributed by atoms with Crippen LogP contribution in [0.2, 0.25) is 0 Å². The summed E-state index contributed by atoms with van der Waals surface area (Å²) in [6.07, 6.45) is 9.25. The maximum absolute atomic E-state index is 4.53. The predicted octanol–water partition coefficient (Wildman–Crippen LogP) is 1.98. The molecule has 2 aromatic heterocycles. The molecule has 4 heteroatoms. The van der Waals surface area contributed by atoms with Crippen LogP contribution in [0.1, 0.15) is 36.0 Å². The summed E-state index contributed by atoms with van der Waals surface area (Å²) < 4.78 is 2.05. The van der Waals surface area contributed by atoms with Gasteiger partial charge in [-0.15, -0.1) is 0 Å². The third-order valence-corrected chi connectivity index (χ3v) is 3.62. The molecule has 0 saturated heterocycles. The molecule has 0 spiro atoms. The zero-order valence-electron chi connectivity index (χ0n) is 10.6. The lowest BCUT2D eigenvalue weighted by molar-refractivity contribution is 0.439. The SMILES string of the molecule is Cn1ccnc1CNC1CCCc2cccnc21. The predicted molar refractivity (Wildman–Crippen MR) is 70.0 cm³/mol. The minimum Gasteiger partial charge on any atom is -0.337 e. The lowest BCUT2D eigenvalue weighted by Crippen LogP contribution is -2.26. The van der Waals surface area contributed by atoms with Crippen LogP contribution < -0.4 is 5.32 Å². The molecule has 1 aliphatic carbocycles. The molecular formula is C14H18N4. The van der Waals surface area contributed by atoms with Crippen LogP contribution in [0.4, 0.5) is 0 Å². The van der Waals surface area contributed by atoms with Crippen molar-refractivity contribution in [2.45, 2.75) is 31.8 Å². The fraction of sp³-hybridized carbons (Fsp3) is 0.429. The number of hydrogen-bond acceptors (Lipinski definition) is 3. The van der Waals surface area contributed by atoms with Crippen molar-refractivity contribution < 1.29 is 0 Å². The van der Waals surface area contributed by atoms with E-state index in [0.717, 1.165) is 25.2 Å². The van der Waals surface area contributed by atoms with Crippen molar-refractivity contribution in [3.63, 3.8) is 0 Å². The van der Waals surface area contributed by atoms with Gasteiger partial charge in [-0.2, -0.15) is 0 Å². The van der Waals surface area contributed by atoms with Crippen molar-refractivity contribution in [2.75, 3.05) is 0 Å². The monoisotopic (exact) mass is 242 g/mol. The minimum atomic E-state index is 0.367. The van der Waals surface area contributed by atoms with Crippen LogP contribution in [0.25, 0.3) is 0 Å². The summed E-state index contributed by atoms with van der Waals surface area (Å²) in [6, 6.07) is 4.59. The van der Waals surface area contributed by atoms with Crippen molar-refractivity contribution in [3.8, 4) is 0 Å². The number of rotatable bonds is 3. The Bertz CT molecular complexity index is 532. The van der Waals surface area contributed by atoms with Crippen LogP contribution in [-0.4, -0.2) is 14.5 Å². The first kappa shape index (κ1) is 11.4. The quantitative estimate of drug-likeness (QED) is 0.895. The summed E-state index contributed by atoms with van der Waals surface area (Å²) in [6.45, 7) is 0.796. The van der Waals surface area contributed by atoms with Gasteiger partial charge in [0.15, 0.2) is 0 Å². The molecule has 0 radical (unpaired) electrons. The van der Waals surface area contributed by atoms with E-state index in [-0.39, 0.29) is 0 Å². The van der Waals surface area contributed by atoms with Crippen molar-refractivity contribution in [1.82, 2.24) is 19.9 Å². The Morgan fingerprint density at radius 3 is 3.17 bits per heavy atom. The molecule has 0 aliphatic heterocycles. The van der Waals surface area contributed by atoms with Crippen LogP contribution in [0.3, 0.4) is 0 Å². The van der Waals surface area contributed by atoms with Gasteiger partial charge in [0.05, 0.1) is 18.3 Å². The van der Waals surface area contributed by atoms with Crippen molar-refractivity contribution in [3.05, 3.63) is 47.8 Å². The molecule has 2 heterocycles. The van der Waals surface area contributed by atoms with Crippen molar-refractivity contribution in [1.29, 1.82) is 0 Å². The highest BCUT2D eigenvalue weighted by atomic mass is 15.1. The van der Waals surface area contributed by atoms with Gasteiger partial charge in [0.25, 0.3) is 0 Å². The van der Waals surface area contributed by atoms with Crippen LogP contribution in [0.5, 0.6) is 0 Å². The second kappa shape index (κ2) is 4.90. The smallest absolute Gasteiger partial charge is 0.122 e. The zero-order valence-corrected chi connectivity index (χ0v) is 10.6. The van der Waals surface area contributed by atoms with E-state index < -0.39 is 0 Å². The highest BCUT2D eigenvalue weighted by molar-refractivity contribution is 5.25. The fourth-order valence-corrected chi connectivity index (χ4v) is 2.59. The van der Waals surface area contributed by atoms with Gasteiger partial charge in [-0.1, -0.05) is 6.07 Å². The summed E-state index contributed by atoms with van der Waals surface area (Å²) in [5.74, 6) is 1.07. The Morgan fingerprint density at radius 2 is 2.33 bits per heavy atom. The number of nitrogens with one attached hydrogen (secondary N) is 1. The lowest BCUT2D eigenvalue weighted by atomic mass is 9.92. The first-order chi connectivity index (χ1) is 8.84. The van der Waals surface area contributed by atoms with Crippen LogP contribution in [-0.2, 0) is 20.0 Å². The number of hydrogen-bond donors (Lipinski definition) is 1. The molecule has 1 atom stereocenters. The van der Waals surface area contributed by atoms with E-state index in [1.807, 2.05) is 31.7 Å². The van der Waals surface area contributed by atoms with Gasteiger partial charge >= 0.3 is 0 Å². The summed E-state index contributed by atoms with van der Waals surface area (Å²) >= 11 is 0. The zero-order chi connectivity index (χ0) is 12.4. The molecular weight excluding hydrogens is 224 g/mol. The highest BCUT2D eigenvalue weighted by Gasteiger charge is 2.20. The molecule has 0 saturated carbocycles. The molecule has 2 aromatic rings. The average Bonchev–Trinajstić information content (AvgIpc) is 2.82. The highest BCUT2D eigenvalue weighted by Crippen LogP contribution is 2.27. The molecule has 18 heavy (non-hydrogen) atoms. The first-order valence-electron chi connectivity index (χ1n) is 6.48. The second-order valence-corrected chi connectivity index (χ2v) is 4.83. The molecule has 0 fully saturated rings. The molecule has 1 unspecified atom stereocenters. The van der Waals surface area contributed by atoms with E-state index in [1.54, 1.807) is 0 Å². The van der Waals surface area contributed by atoms with Gasteiger partial charge in [0, 0.05) is 25.6 Å². The van der Waals surface area contributed by atoms with Crippen molar-refractivity contribution >= 4 is 0 Å². The first-order valence-corrected chi connectivity index (χ1v) is 6.48. The van der Waals surface area contributed by atoms with Gasteiger partial charge < -0.3 is 9.88 Å². The van der Waals surface area contributed by atoms with Gasteiger partial charge in [-0.3, -0.25) is 4.98 Å². The largest absolute Gasteiger partial charge is 0.337 e. The maximum atomic E-state index is 4.53. The van der Waals surface area contributed by atoms with E-state index in [4.69, 9.17) is 0 Å². The second-order valence-electron chi connectivity index (χ2n) is 4.83. The van der Waals surface area contributed by atoms with Gasteiger partial charge in [0.2, 0.25) is 0 Å². The minimum absolute atomic E-state index is 0.367. The number of aromatic nitrogens is 3. The van der Waals surface area contributed by atoms with Crippen LogP contribution in [0, 0.1) is 0 Å². The third kappa shape index (κ3) is 2.16. The lowest BCUT2D eigenvalue weighted by Gasteiger charge is -2.25. The van der Waals surface area contributed by atoms with E-state index >= 15 is 0 Å². The van der Waals surface area contributed by atoms with E-state index in [9.17, 15) is 0 Å². The average molecular weight is 242 g/mol. The van der Waals surface area contributed by atoms with E-state index in [1.165, 1.54) is 17.7 Å². The number of imidazole rings is 1. The Hall–Kier alpha value is -1.68.